The first kappa shape index (κ1) is 10.2. The zero-order valence-corrected chi connectivity index (χ0v) is 9.33. The third kappa shape index (κ3) is 1.60. The largest absolute Gasteiger partial charge is 0.301 e. The van der Waals surface area contributed by atoms with E-state index in [4.69, 9.17) is 0 Å². The number of aldehydes is 1. The Labute approximate surface area is 86.7 Å². The summed E-state index contributed by atoms with van der Waals surface area (Å²) in [7, 11) is 0. The standard InChI is InChI=1S/C12H21NO/c1-12(2,9-14)13-8-7-10-5-3-4-6-11(10)13/h9-11H,3-8H2,1-2H3. The monoisotopic (exact) mass is 195 g/mol. The molecule has 2 nitrogen and oxygen atoms in total. The zero-order valence-electron chi connectivity index (χ0n) is 9.33. The summed E-state index contributed by atoms with van der Waals surface area (Å²) in [5.74, 6) is 0.878. The van der Waals surface area contributed by atoms with Crippen molar-refractivity contribution < 1.29 is 4.79 Å². The van der Waals surface area contributed by atoms with Crippen LogP contribution in [0.1, 0.15) is 46.0 Å². The lowest BCUT2D eigenvalue weighted by Crippen LogP contribution is -2.49. The highest BCUT2D eigenvalue weighted by Gasteiger charge is 2.42. The van der Waals surface area contributed by atoms with Crippen molar-refractivity contribution in [3.8, 4) is 0 Å². The molecule has 14 heavy (non-hydrogen) atoms. The summed E-state index contributed by atoms with van der Waals surface area (Å²) < 4.78 is 0. The molecule has 0 bridgehead atoms. The molecule has 0 radical (unpaired) electrons. The van der Waals surface area contributed by atoms with Crippen molar-refractivity contribution in [1.29, 1.82) is 0 Å². The van der Waals surface area contributed by atoms with Gasteiger partial charge in [0, 0.05) is 6.04 Å². The van der Waals surface area contributed by atoms with Crippen LogP contribution in [0.4, 0.5) is 0 Å². The lowest BCUT2D eigenvalue weighted by Gasteiger charge is -2.39. The third-order valence-electron chi connectivity index (χ3n) is 4.04. The van der Waals surface area contributed by atoms with E-state index < -0.39 is 0 Å². The van der Waals surface area contributed by atoms with Gasteiger partial charge in [0.1, 0.15) is 6.29 Å². The smallest absolute Gasteiger partial charge is 0.139 e. The maximum atomic E-state index is 11.0. The van der Waals surface area contributed by atoms with Crippen molar-refractivity contribution in [2.24, 2.45) is 5.92 Å². The quantitative estimate of drug-likeness (QED) is 0.630. The van der Waals surface area contributed by atoms with Gasteiger partial charge < -0.3 is 4.79 Å². The predicted molar refractivity (Wildman–Crippen MR) is 57.2 cm³/mol. The molecule has 80 valence electrons. The minimum Gasteiger partial charge on any atom is -0.301 e. The Balaban J connectivity index is 2.10. The molecule has 2 heteroatoms. The lowest BCUT2D eigenvalue weighted by molar-refractivity contribution is -0.117. The number of hydrogen-bond donors (Lipinski definition) is 0. The molecule has 2 aliphatic rings. The Morgan fingerprint density at radius 2 is 1.93 bits per heavy atom. The average Bonchev–Trinajstić information content (AvgIpc) is 2.61. The van der Waals surface area contributed by atoms with Gasteiger partial charge >= 0.3 is 0 Å². The first-order valence-corrected chi connectivity index (χ1v) is 5.88. The van der Waals surface area contributed by atoms with Crippen molar-refractivity contribution in [2.45, 2.75) is 57.5 Å². The molecule has 0 spiro atoms. The van der Waals surface area contributed by atoms with Crippen LogP contribution >= 0.6 is 0 Å². The third-order valence-corrected chi connectivity index (χ3v) is 4.04. The summed E-state index contributed by atoms with van der Waals surface area (Å²) in [6.45, 7) is 5.23. The van der Waals surface area contributed by atoms with Crippen LogP contribution in [0.25, 0.3) is 0 Å². The number of carbonyl (C=O) groups is 1. The highest BCUT2D eigenvalue weighted by Crippen LogP contribution is 2.39. The first-order valence-electron chi connectivity index (χ1n) is 5.88. The molecule has 2 rings (SSSR count). The zero-order chi connectivity index (χ0) is 10.2. The summed E-state index contributed by atoms with van der Waals surface area (Å²) in [5.41, 5.74) is -0.239. The molecule has 1 heterocycles. The van der Waals surface area contributed by atoms with Gasteiger partial charge in [-0.3, -0.25) is 4.90 Å². The van der Waals surface area contributed by atoms with Gasteiger partial charge in [-0.1, -0.05) is 12.8 Å². The fourth-order valence-corrected chi connectivity index (χ4v) is 3.19. The van der Waals surface area contributed by atoms with Gasteiger partial charge in [-0.05, 0) is 45.6 Å². The van der Waals surface area contributed by atoms with Crippen molar-refractivity contribution in [2.75, 3.05) is 6.54 Å². The van der Waals surface area contributed by atoms with Crippen molar-refractivity contribution in [3.63, 3.8) is 0 Å². The molecule has 2 atom stereocenters. The molecule has 1 aliphatic heterocycles. The molecule has 0 aromatic carbocycles. The van der Waals surface area contributed by atoms with E-state index in [1.807, 2.05) is 0 Å². The van der Waals surface area contributed by atoms with E-state index >= 15 is 0 Å². The Bertz CT molecular complexity index is 224. The van der Waals surface area contributed by atoms with E-state index in [0.29, 0.717) is 6.04 Å². The van der Waals surface area contributed by atoms with Crippen molar-refractivity contribution in [1.82, 2.24) is 4.90 Å². The molecule has 2 unspecified atom stereocenters. The van der Waals surface area contributed by atoms with Gasteiger partial charge in [-0.2, -0.15) is 0 Å². The summed E-state index contributed by atoms with van der Waals surface area (Å²) in [6, 6.07) is 0.698. The molecule has 2 fully saturated rings. The van der Waals surface area contributed by atoms with Crippen LogP contribution in [0.2, 0.25) is 0 Å². The SMILES string of the molecule is CC(C)(C=O)N1CCC2CCCCC21. The summed E-state index contributed by atoms with van der Waals surface area (Å²) in [6.07, 6.45) is 7.87. The predicted octanol–water partition coefficient (Wildman–Crippen LogP) is 2.23. The second-order valence-electron chi connectivity index (χ2n) is 5.37. The number of fused-ring (bicyclic) bond motifs is 1. The maximum absolute atomic E-state index is 11.0. The lowest BCUT2D eigenvalue weighted by atomic mass is 9.84. The highest BCUT2D eigenvalue weighted by atomic mass is 16.1. The fraction of sp³-hybridized carbons (Fsp3) is 0.917. The second kappa shape index (κ2) is 3.65. The minimum atomic E-state index is -0.239. The van der Waals surface area contributed by atoms with E-state index in [2.05, 4.69) is 18.7 Å². The van der Waals surface area contributed by atoms with Crippen LogP contribution in [0.15, 0.2) is 0 Å². The normalized spacial score (nSPS) is 34.1. The van der Waals surface area contributed by atoms with Crippen LogP contribution in [-0.2, 0) is 4.79 Å². The van der Waals surface area contributed by atoms with Crippen LogP contribution < -0.4 is 0 Å². The summed E-state index contributed by atoms with van der Waals surface area (Å²) in [4.78, 5) is 13.5. The van der Waals surface area contributed by atoms with Crippen LogP contribution in [-0.4, -0.2) is 29.3 Å². The van der Waals surface area contributed by atoms with Gasteiger partial charge in [-0.15, -0.1) is 0 Å². The van der Waals surface area contributed by atoms with Gasteiger partial charge in [0.2, 0.25) is 0 Å². The average molecular weight is 195 g/mol. The van der Waals surface area contributed by atoms with Gasteiger partial charge in [0.15, 0.2) is 0 Å². The first-order chi connectivity index (χ1) is 6.65. The highest BCUT2D eigenvalue weighted by molar-refractivity contribution is 5.62. The Morgan fingerprint density at radius 1 is 1.21 bits per heavy atom. The van der Waals surface area contributed by atoms with E-state index in [0.717, 1.165) is 18.7 Å². The molecular formula is C12H21NO. The van der Waals surface area contributed by atoms with E-state index in [1.54, 1.807) is 0 Å². The van der Waals surface area contributed by atoms with Crippen LogP contribution in [0, 0.1) is 5.92 Å². The Morgan fingerprint density at radius 3 is 2.64 bits per heavy atom. The fourth-order valence-electron chi connectivity index (χ4n) is 3.19. The number of nitrogens with zero attached hydrogens (tertiary/aromatic N) is 1. The number of carbonyl (C=O) groups excluding carboxylic acids is 1. The number of rotatable bonds is 2. The maximum Gasteiger partial charge on any atom is 0.139 e. The topological polar surface area (TPSA) is 20.3 Å². The van der Waals surface area contributed by atoms with Crippen molar-refractivity contribution >= 4 is 6.29 Å². The second-order valence-corrected chi connectivity index (χ2v) is 5.37. The summed E-state index contributed by atoms with van der Waals surface area (Å²) >= 11 is 0. The Kier molecular flexibility index (Phi) is 2.65. The molecule has 0 N–H and O–H groups in total. The van der Waals surface area contributed by atoms with E-state index in [1.165, 1.54) is 32.1 Å². The van der Waals surface area contributed by atoms with Crippen molar-refractivity contribution in [3.05, 3.63) is 0 Å². The van der Waals surface area contributed by atoms with E-state index in [-0.39, 0.29) is 5.54 Å². The van der Waals surface area contributed by atoms with Gasteiger partial charge in [-0.25, -0.2) is 0 Å². The molecule has 0 aromatic rings. The minimum absolute atomic E-state index is 0.239. The Hall–Kier alpha value is -0.370. The molecule has 1 saturated heterocycles. The molecule has 1 saturated carbocycles. The van der Waals surface area contributed by atoms with Crippen LogP contribution in [0.3, 0.4) is 0 Å². The van der Waals surface area contributed by atoms with Gasteiger partial charge in [0.25, 0.3) is 0 Å². The van der Waals surface area contributed by atoms with Gasteiger partial charge in [0.05, 0.1) is 5.54 Å². The molecular weight excluding hydrogens is 174 g/mol. The van der Waals surface area contributed by atoms with E-state index in [9.17, 15) is 4.79 Å². The number of hydrogen-bond acceptors (Lipinski definition) is 2. The molecule has 0 aromatic heterocycles. The van der Waals surface area contributed by atoms with Crippen LogP contribution in [0.5, 0.6) is 0 Å². The molecule has 1 aliphatic carbocycles. The number of likely N-dealkylation sites (tertiary alicyclic amines) is 1. The summed E-state index contributed by atoms with van der Waals surface area (Å²) in [5, 5.41) is 0. The molecule has 0 amide bonds.